The van der Waals surface area contributed by atoms with Gasteiger partial charge in [-0.2, -0.15) is 5.26 Å². The maximum Gasteiger partial charge on any atom is 0.237 e. The molecule has 2 amide bonds. The van der Waals surface area contributed by atoms with Crippen molar-refractivity contribution in [1.29, 1.82) is 5.26 Å². The molecule has 1 fully saturated rings. The van der Waals surface area contributed by atoms with Crippen molar-refractivity contribution in [2.75, 3.05) is 0 Å². The molecule has 1 saturated heterocycles. The number of carbonyl (C=O) groups is 2. The molecule has 88 valence electrons. The number of imide groups is 1. The molecule has 16 heavy (non-hydrogen) atoms. The van der Waals surface area contributed by atoms with Gasteiger partial charge in [-0.15, -0.1) is 0 Å². The zero-order valence-corrected chi connectivity index (χ0v) is 10.3. The molecule has 1 aliphatic rings. The molecule has 1 rings (SSSR count). The Morgan fingerprint density at radius 1 is 1.38 bits per heavy atom. The Bertz CT molecular complexity index is 362. The molecule has 0 unspecified atom stereocenters. The van der Waals surface area contributed by atoms with Crippen LogP contribution in [0.2, 0.25) is 0 Å². The summed E-state index contributed by atoms with van der Waals surface area (Å²) >= 11 is 0. The topological polar surface area (TPSA) is 61.2 Å². The molecule has 4 nitrogen and oxygen atoms in total. The number of carbonyl (C=O) groups excluding carboxylic acids is 2. The zero-order valence-electron chi connectivity index (χ0n) is 10.3. The third-order valence-corrected chi connectivity index (χ3v) is 3.58. The second-order valence-corrected chi connectivity index (χ2v) is 4.87. The van der Waals surface area contributed by atoms with Gasteiger partial charge in [-0.25, -0.2) is 0 Å². The summed E-state index contributed by atoms with van der Waals surface area (Å²) in [7, 11) is 0. The first-order valence-electron chi connectivity index (χ1n) is 5.63. The quantitative estimate of drug-likeness (QED) is 0.685. The number of rotatable bonds is 3. The van der Waals surface area contributed by atoms with Crippen LogP contribution >= 0.6 is 0 Å². The number of hydrogen-bond acceptors (Lipinski definition) is 3. The van der Waals surface area contributed by atoms with Crippen molar-refractivity contribution in [3.63, 3.8) is 0 Å². The molecular weight excluding hydrogens is 204 g/mol. The van der Waals surface area contributed by atoms with Crippen LogP contribution in [0.15, 0.2) is 0 Å². The molecule has 0 aromatic heterocycles. The minimum Gasteiger partial charge on any atom is -0.274 e. The van der Waals surface area contributed by atoms with Crippen molar-refractivity contribution < 1.29 is 9.59 Å². The summed E-state index contributed by atoms with van der Waals surface area (Å²) in [5.74, 6) is -0.408. The van der Waals surface area contributed by atoms with Crippen LogP contribution in [0.3, 0.4) is 0 Å². The number of nitriles is 1. The maximum atomic E-state index is 12.3. The van der Waals surface area contributed by atoms with E-state index in [4.69, 9.17) is 5.26 Å². The van der Waals surface area contributed by atoms with Crippen molar-refractivity contribution in [2.24, 2.45) is 5.41 Å². The van der Waals surface area contributed by atoms with Crippen LogP contribution < -0.4 is 0 Å². The summed E-state index contributed by atoms with van der Waals surface area (Å²) < 4.78 is 0. The molecular formula is C12H18N2O2. The number of nitrogens with zero attached hydrogens (tertiary/aromatic N) is 2. The predicted molar refractivity (Wildman–Crippen MR) is 59.2 cm³/mol. The van der Waals surface area contributed by atoms with Gasteiger partial charge in [0.15, 0.2) is 0 Å². The van der Waals surface area contributed by atoms with E-state index < -0.39 is 11.0 Å². The van der Waals surface area contributed by atoms with Gasteiger partial charge in [0, 0.05) is 6.42 Å². The van der Waals surface area contributed by atoms with E-state index in [1.807, 2.05) is 19.9 Å². The van der Waals surface area contributed by atoms with E-state index in [0.717, 1.165) is 4.90 Å². The van der Waals surface area contributed by atoms with Crippen molar-refractivity contribution in [1.82, 2.24) is 4.90 Å². The van der Waals surface area contributed by atoms with Crippen LogP contribution in [0.4, 0.5) is 0 Å². The predicted octanol–water partition coefficient (Wildman–Crippen LogP) is 1.85. The molecule has 0 spiro atoms. The highest BCUT2D eigenvalue weighted by Crippen LogP contribution is 2.41. The normalized spacial score (nSPS) is 20.1. The standard InChI is InChI=1S/C12H18N2O2/c1-5-12(6-2)7-9(15)14(10(12)16)11(3,4)8-13/h5-7H2,1-4H3. The lowest BCUT2D eigenvalue weighted by Crippen LogP contribution is -2.48. The van der Waals surface area contributed by atoms with Gasteiger partial charge in [0.2, 0.25) is 11.8 Å². The Balaban J connectivity index is 3.15. The van der Waals surface area contributed by atoms with Gasteiger partial charge in [-0.1, -0.05) is 13.8 Å². The third kappa shape index (κ3) is 1.60. The Kier molecular flexibility index (Phi) is 3.09. The molecule has 0 aromatic rings. The highest BCUT2D eigenvalue weighted by atomic mass is 16.2. The number of hydrogen-bond donors (Lipinski definition) is 0. The van der Waals surface area contributed by atoms with Crippen LogP contribution in [0.1, 0.15) is 47.0 Å². The van der Waals surface area contributed by atoms with Gasteiger partial charge in [0.1, 0.15) is 5.54 Å². The molecule has 4 heteroatoms. The average molecular weight is 222 g/mol. The molecule has 0 saturated carbocycles. The molecule has 0 bridgehead atoms. The summed E-state index contributed by atoms with van der Waals surface area (Å²) in [5, 5.41) is 9.01. The van der Waals surface area contributed by atoms with Crippen LogP contribution in [0.25, 0.3) is 0 Å². The van der Waals surface area contributed by atoms with Gasteiger partial charge >= 0.3 is 0 Å². The van der Waals surface area contributed by atoms with Crippen LogP contribution in [-0.4, -0.2) is 22.3 Å². The van der Waals surface area contributed by atoms with Crippen LogP contribution in [0.5, 0.6) is 0 Å². The number of amides is 2. The van der Waals surface area contributed by atoms with Crippen LogP contribution in [-0.2, 0) is 9.59 Å². The molecule has 0 aromatic carbocycles. The van der Waals surface area contributed by atoms with E-state index in [1.54, 1.807) is 13.8 Å². The summed E-state index contributed by atoms with van der Waals surface area (Å²) in [4.78, 5) is 25.3. The lowest BCUT2D eigenvalue weighted by Gasteiger charge is -2.30. The van der Waals surface area contributed by atoms with Gasteiger partial charge in [0.05, 0.1) is 11.5 Å². The summed E-state index contributed by atoms with van der Waals surface area (Å²) in [6, 6.07) is 2.01. The number of likely N-dealkylation sites (tertiary alicyclic amines) is 1. The third-order valence-electron chi connectivity index (χ3n) is 3.58. The van der Waals surface area contributed by atoms with Gasteiger partial charge < -0.3 is 0 Å². The van der Waals surface area contributed by atoms with E-state index >= 15 is 0 Å². The lowest BCUT2D eigenvalue weighted by molar-refractivity contribution is -0.145. The smallest absolute Gasteiger partial charge is 0.237 e. The largest absolute Gasteiger partial charge is 0.274 e. The van der Waals surface area contributed by atoms with E-state index in [-0.39, 0.29) is 18.2 Å². The minimum atomic E-state index is -1.04. The van der Waals surface area contributed by atoms with E-state index in [1.165, 1.54) is 0 Å². The highest BCUT2D eigenvalue weighted by molar-refractivity contribution is 6.06. The summed E-state index contributed by atoms with van der Waals surface area (Å²) in [6.07, 6.45) is 1.53. The Labute approximate surface area is 96.2 Å². The fraction of sp³-hybridized carbons (Fsp3) is 0.750. The molecule has 1 heterocycles. The maximum absolute atomic E-state index is 12.3. The summed E-state index contributed by atoms with van der Waals surface area (Å²) in [5.41, 5.74) is -1.62. The molecule has 0 atom stereocenters. The minimum absolute atomic E-state index is 0.186. The first-order valence-corrected chi connectivity index (χ1v) is 5.63. The molecule has 0 radical (unpaired) electrons. The van der Waals surface area contributed by atoms with Gasteiger partial charge in [-0.3, -0.25) is 14.5 Å². The first kappa shape index (κ1) is 12.7. The second-order valence-electron chi connectivity index (χ2n) is 4.87. The Morgan fingerprint density at radius 3 is 2.19 bits per heavy atom. The SMILES string of the molecule is CCC1(CC)CC(=O)N(C(C)(C)C#N)C1=O. The lowest BCUT2D eigenvalue weighted by atomic mass is 9.81. The Hall–Kier alpha value is -1.37. The van der Waals surface area contributed by atoms with Crippen molar-refractivity contribution >= 4 is 11.8 Å². The van der Waals surface area contributed by atoms with Gasteiger partial charge in [0.25, 0.3) is 0 Å². The van der Waals surface area contributed by atoms with E-state index in [0.29, 0.717) is 12.8 Å². The first-order chi connectivity index (χ1) is 7.34. The Morgan fingerprint density at radius 2 is 1.88 bits per heavy atom. The zero-order chi connectivity index (χ0) is 12.6. The van der Waals surface area contributed by atoms with Crippen LogP contribution in [0, 0.1) is 16.7 Å². The van der Waals surface area contributed by atoms with Gasteiger partial charge in [-0.05, 0) is 26.7 Å². The fourth-order valence-electron chi connectivity index (χ4n) is 2.21. The molecule has 0 N–H and O–H groups in total. The summed E-state index contributed by atoms with van der Waals surface area (Å²) in [6.45, 7) is 7.03. The monoisotopic (exact) mass is 222 g/mol. The van der Waals surface area contributed by atoms with E-state index in [9.17, 15) is 9.59 Å². The molecule has 1 aliphatic heterocycles. The second kappa shape index (κ2) is 3.89. The van der Waals surface area contributed by atoms with E-state index in [2.05, 4.69) is 0 Å². The van der Waals surface area contributed by atoms with Crippen molar-refractivity contribution in [3.05, 3.63) is 0 Å². The van der Waals surface area contributed by atoms with Crippen molar-refractivity contribution in [2.45, 2.75) is 52.5 Å². The highest BCUT2D eigenvalue weighted by Gasteiger charge is 2.53. The van der Waals surface area contributed by atoms with Crippen molar-refractivity contribution in [3.8, 4) is 6.07 Å². The average Bonchev–Trinajstić information content (AvgIpc) is 2.51. The molecule has 0 aliphatic carbocycles. The fourth-order valence-corrected chi connectivity index (χ4v) is 2.21.